The molecule has 4 rings (SSSR count). The molecule has 1 amide bonds. The average molecular weight is 508 g/mol. The summed E-state index contributed by atoms with van der Waals surface area (Å²) in [6.45, 7) is 13.6. The number of ether oxygens (including phenoxy) is 4. The first-order chi connectivity index (χ1) is 17.4. The van der Waals surface area contributed by atoms with Crippen LogP contribution < -0.4 is 24.3 Å². The number of anilines is 1. The number of fused-ring (bicyclic) bond motifs is 1. The maximum atomic E-state index is 13.0. The molecular weight excluding hydrogens is 470 g/mol. The fraction of sp³-hybridized carbons (Fsp3) is 0.433. The average Bonchev–Trinajstić information content (AvgIpc) is 3.32. The van der Waals surface area contributed by atoms with E-state index in [2.05, 4.69) is 52.1 Å². The van der Waals surface area contributed by atoms with Crippen LogP contribution >= 0.6 is 0 Å². The summed E-state index contributed by atoms with van der Waals surface area (Å²) in [5.74, 6) is 2.50. The van der Waals surface area contributed by atoms with Crippen molar-refractivity contribution < 1.29 is 28.2 Å². The minimum Gasteiger partial charge on any atom is -0.496 e. The van der Waals surface area contributed by atoms with Crippen molar-refractivity contribution in [2.45, 2.75) is 58.8 Å². The number of carbonyl (C=O) groups excluding carboxylic acids is 1. The molecule has 2 aromatic carbocycles. The smallest absolute Gasteiger partial charge is 0.291 e. The number of aryl methyl sites for hydroxylation is 1. The van der Waals surface area contributed by atoms with Gasteiger partial charge in [0, 0.05) is 18.2 Å². The predicted molar refractivity (Wildman–Crippen MR) is 144 cm³/mol. The first-order valence-electron chi connectivity index (χ1n) is 12.5. The number of hydrogen-bond donors (Lipinski definition) is 1. The van der Waals surface area contributed by atoms with Crippen molar-refractivity contribution in [3.05, 3.63) is 58.8 Å². The lowest BCUT2D eigenvalue weighted by molar-refractivity contribution is 0.0991. The van der Waals surface area contributed by atoms with E-state index in [0.717, 1.165) is 17.7 Å². The number of benzene rings is 2. The van der Waals surface area contributed by atoms with Gasteiger partial charge in [-0.2, -0.15) is 0 Å². The Morgan fingerprint density at radius 1 is 0.919 bits per heavy atom. The van der Waals surface area contributed by atoms with Crippen LogP contribution in [0, 0.1) is 12.8 Å². The van der Waals surface area contributed by atoms with Crippen LogP contribution in [0.4, 0.5) is 5.69 Å². The van der Waals surface area contributed by atoms with E-state index in [1.807, 2.05) is 6.92 Å². The topological polar surface area (TPSA) is 79.2 Å². The van der Waals surface area contributed by atoms with Crippen LogP contribution in [0.3, 0.4) is 0 Å². The zero-order valence-electron chi connectivity index (χ0n) is 23.2. The quantitative estimate of drug-likeness (QED) is 0.363. The summed E-state index contributed by atoms with van der Waals surface area (Å²) < 4.78 is 28.0. The number of hydrogen-bond acceptors (Lipinski definition) is 6. The van der Waals surface area contributed by atoms with Gasteiger partial charge in [0.2, 0.25) is 0 Å². The highest BCUT2D eigenvalue weighted by Crippen LogP contribution is 2.50. The molecule has 0 saturated heterocycles. The molecule has 0 fully saturated rings. The van der Waals surface area contributed by atoms with E-state index in [1.54, 1.807) is 31.4 Å². The summed E-state index contributed by atoms with van der Waals surface area (Å²) in [6.07, 6.45) is 1.10. The molecule has 7 nitrogen and oxygen atoms in total. The Kier molecular flexibility index (Phi) is 6.93. The zero-order valence-corrected chi connectivity index (χ0v) is 23.2. The van der Waals surface area contributed by atoms with Crippen molar-refractivity contribution in [3.8, 4) is 28.9 Å². The highest BCUT2D eigenvalue weighted by atomic mass is 16.6. The molecule has 1 aliphatic carbocycles. The fourth-order valence-corrected chi connectivity index (χ4v) is 5.20. The second-order valence-electron chi connectivity index (χ2n) is 11.0. The first-order valence-corrected chi connectivity index (χ1v) is 12.5. The number of methoxy groups -OCH3 is 3. The van der Waals surface area contributed by atoms with Crippen molar-refractivity contribution >= 4 is 11.6 Å². The minimum absolute atomic E-state index is 0.0285. The molecule has 0 aliphatic heterocycles. The van der Waals surface area contributed by atoms with E-state index in [9.17, 15) is 4.79 Å². The molecule has 0 saturated carbocycles. The van der Waals surface area contributed by atoms with Gasteiger partial charge in [0.15, 0.2) is 5.76 Å². The van der Waals surface area contributed by atoms with Gasteiger partial charge in [-0.3, -0.25) is 4.79 Å². The third-order valence-electron chi connectivity index (χ3n) is 7.76. The molecule has 0 bridgehead atoms. The van der Waals surface area contributed by atoms with Crippen LogP contribution in [0.1, 0.15) is 68.3 Å². The lowest BCUT2D eigenvalue weighted by atomic mass is 9.58. The van der Waals surface area contributed by atoms with Gasteiger partial charge < -0.3 is 28.7 Å². The van der Waals surface area contributed by atoms with Gasteiger partial charge in [0.25, 0.3) is 11.9 Å². The standard InChI is InChI=1S/C30H37NO6/c1-17-12-21-20(29(3,4)16-18(2)30(21,5)6)15-23(17)37-26-11-10-22(36-26)28(32)31-27-24(34-8)13-19(33-7)14-25(27)35-9/h10-15,18H,16H2,1-9H3,(H,31,32)/t18-/m0/s1. The minimum atomic E-state index is -0.462. The van der Waals surface area contributed by atoms with Gasteiger partial charge in [0.05, 0.1) is 21.3 Å². The van der Waals surface area contributed by atoms with E-state index in [0.29, 0.717) is 28.9 Å². The van der Waals surface area contributed by atoms with Crippen molar-refractivity contribution in [1.29, 1.82) is 0 Å². The number of carbonyl (C=O) groups is 1. The van der Waals surface area contributed by atoms with Crippen LogP contribution in [-0.4, -0.2) is 27.2 Å². The SMILES string of the molecule is COc1cc(OC)c(NC(=O)c2ccc(Oc3cc4c(cc3C)C(C)(C)[C@@H](C)CC4(C)C)o2)c(OC)c1. The first kappa shape index (κ1) is 26.5. The summed E-state index contributed by atoms with van der Waals surface area (Å²) in [5, 5.41) is 2.81. The maximum Gasteiger partial charge on any atom is 0.291 e. The van der Waals surface area contributed by atoms with Crippen molar-refractivity contribution in [1.82, 2.24) is 0 Å². The Morgan fingerprint density at radius 2 is 1.57 bits per heavy atom. The summed E-state index contributed by atoms with van der Waals surface area (Å²) in [5.41, 5.74) is 4.16. The number of furan rings is 1. The molecule has 198 valence electrons. The van der Waals surface area contributed by atoms with E-state index in [1.165, 1.54) is 25.3 Å². The second kappa shape index (κ2) is 9.69. The lowest BCUT2D eigenvalue weighted by Gasteiger charge is -2.46. The molecule has 3 aromatic rings. The Bertz CT molecular complexity index is 1290. The summed E-state index contributed by atoms with van der Waals surface area (Å²) in [7, 11) is 4.56. The second-order valence-corrected chi connectivity index (χ2v) is 11.0. The van der Waals surface area contributed by atoms with Crippen LogP contribution in [0.2, 0.25) is 0 Å². The van der Waals surface area contributed by atoms with Crippen molar-refractivity contribution in [2.24, 2.45) is 5.92 Å². The molecule has 1 aliphatic rings. The Hall–Kier alpha value is -3.61. The lowest BCUT2D eigenvalue weighted by Crippen LogP contribution is -2.40. The number of amides is 1. The molecule has 1 N–H and O–H groups in total. The molecule has 0 unspecified atom stereocenters. The third kappa shape index (κ3) is 4.87. The molecule has 0 spiro atoms. The van der Waals surface area contributed by atoms with Gasteiger partial charge >= 0.3 is 0 Å². The molecule has 1 atom stereocenters. The van der Waals surface area contributed by atoms with Crippen LogP contribution in [0.25, 0.3) is 0 Å². The highest BCUT2D eigenvalue weighted by Gasteiger charge is 2.42. The van der Waals surface area contributed by atoms with Gasteiger partial charge in [-0.25, -0.2) is 0 Å². The third-order valence-corrected chi connectivity index (χ3v) is 7.76. The predicted octanol–water partition coefficient (Wildman–Crippen LogP) is 7.25. The number of rotatable bonds is 7. The molecule has 7 heteroatoms. The molecular formula is C30H37NO6. The van der Waals surface area contributed by atoms with E-state index in [-0.39, 0.29) is 22.5 Å². The molecule has 0 radical (unpaired) electrons. The number of nitrogens with one attached hydrogen (secondary N) is 1. The van der Waals surface area contributed by atoms with E-state index in [4.69, 9.17) is 23.4 Å². The normalized spacial score (nSPS) is 17.5. The van der Waals surface area contributed by atoms with Gasteiger partial charge in [-0.05, 0) is 58.9 Å². The summed E-state index contributed by atoms with van der Waals surface area (Å²) in [6, 6.07) is 10.9. The Labute approximate surface area is 219 Å². The maximum absolute atomic E-state index is 13.0. The molecule has 1 aromatic heterocycles. The monoisotopic (exact) mass is 507 g/mol. The largest absolute Gasteiger partial charge is 0.496 e. The van der Waals surface area contributed by atoms with E-state index >= 15 is 0 Å². The van der Waals surface area contributed by atoms with Gasteiger partial charge in [-0.1, -0.05) is 40.7 Å². The molecule has 1 heterocycles. The molecule has 37 heavy (non-hydrogen) atoms. The fourth-order valence-electron chi connectivity index (χ4n) is 5.20. The van der Waals surface area contributed by atoms with Crippen LogP contribution in [-0.2, 0) is 10.8 Å². The van der Waals surface area contributed by atoms with Crippen molar-refractivity contribution in [3.63, 3.8) is 0 Å². The van der Waals surface area contributed by atoms with Crippen LogP contribution in [0.5, 0.6) is 28.9 Å². The van der Waals surface area contributed by atoms with Gasteiger partial charge in [-0.15, -0.1) is 0 Å². The zero-order chi connectivity index (χ0) is 27.1. The van der Waals surface area contributed by atoms with Crippen molar-refractivity contribution in [2.75, 3.05) is 26.6 Å². The van der Waals surface area contributed by atoms with E-state index < -0.39 is 5.91 Å². The highest BCUT2D eigenvalue weighted by molar-refractivity contribution is 6.04. The van der Waals surface area contributed by atoms with Gasteiger partial charge in [0.1, 0.15) is 28.7 Å². The Balaban J connectivity index is 1.59. The van der Waals surface area contributed by atoms with Crippen LogP contribution in [0.15, 0.2) is 40.8 Å². The summed E-state index contributed by atoms with van der Waals surface area (Å²) >= 11 is 0. The Morgan fingerprint density at radius 3 is 2.16 bits per heavy atom. The summed E-state index contributed by atoms with van der Waals surface area (Å²) in [4.78, 5) is 13.0.